The van der Waals surface area contributed by atoms with Gasteiger partial charge in [-0.2, -0.15) is 0 Å². The molecule has 0 aliphatic carbocycles. The molecule has 2 aliphatic rings. The van der Waals surface area contributed by atoms with Crippen LogP contribution < -0.4 is 0 Å². The Morgan fingerprint density at radius 2 is 1.54 bits per heavy atom. The first-order valence-corrected chi connectivity index (χ1v) is 9.17. The number of nitrogens with zero attached hydrogens (tertiary/aromatic N) is 2. The van der Waals surface area contributed by atoms with Crippen molar-refractivity contribution in [3.05, 3.63) is 71.3 Å². The first-order chi connectivity index (χ1) is 12.8. The van der Waals surface area contributed by atoms with Crippen LogP contribution in [0.4, 0.5) is 4.79 Å². The lowest BCUT2D eigenvalue weighted by Crippen LogP contribution is -2.36. The van der Waals surface area contributed by atoms with Gasteiger partial charge in [0.15, 0.2) is 0 Å². The van der Waals surface area contributed by atoms with E-state index >= 15 is 0 Å². The van der Waals surface area contributed by atoms with Gasteiger partial charge in [-0.15, -0.1) is 0 Å². The fraction of sp³-hybridized carbons (Fsp3) is 0.381. The van der Waals surface area contributed by atoms with Gasteiger partial charge in [-0.25, -0.2) is 4.79 Å². The van der Waals surface area contributed by atoms with Crippen molar-refractivity contribution in [1.29, 1.82) is 0 Å². The van der Waals surface area contributed by atoms with Crippen LogP contribution >= 0.6 is 0 Å². The average molecular weight is 352 g/mol. The molecule has 1 atom stereocenters. The molecule has 2 saturated heterocycles. The zero-order chi connectivity index (χ0) is 17.8. The van der Waals surface area contributed by atoms with Gasteiger partial charge in [0.25, 0.3) is 0 Å². The first-order valence-electron chi connectivity index (χ1n) is 9.17. The number of amides is 1. The van der Waals surface area contributed by atoms with Crippen molar-refractivity contribution in [3.8, 4) is 0 Å². The molecular weight excluding hydrogens is 328 g/mol. The zero-order valence-corrected chi connectivity index (χ0v) is 14.8. The fourth-order valence-corrected chi connectivity index (χ4v) is 3.55. The van der Waals surface area contributed by atoms with Gasteiger partial charge in [0.1, 0.15) is 6.10 Å². The molecular formula is C21H24N2O3. The monoisotopic (exact) mass is 352 g/mol. The average Bonchev–Trinajstić information content (AvgIpc) is 3.05. The quantitative estimate of drug-likeness (QED) is 0.829. The topological polar surface area (TPSA) is 42.0 Å². The van der Waals surface area contributed by atoms with Crippen LogP contribution in [0.5, 0.6) is 0 Å². The summed E-state index contributed by atoms with van der Waals surface area (Å²) >= 11 is 0. The summed E-state index contributed by atoms with van der Waals surface area (Å²) in [6, 6.07) is 18.3. The van der Waals surface area contributed by atoms with Gasteiger partial charge in [-0.3, -0.25) is 9.80 Å². The number of ether oxygens (including phenoxy) is 2. The van der Waals surface area contributed by atoms with Crippen LogP contribution in [0.15, 0.2) is 54.6 Å². The van der Waals surface area contributed by atoms with E-state index in [9.17, 15) is 4.79 Å². The standard InChI is InChI=1S/C21H24N2O3/c24-21-23(16-20(26-21)17-6-2-1-3-7-17)15-19-9-5-4-8-18(19)14-22-10-12-25-13-11-22/h1-9,20H,10-16H2. The van der Waals surface area contributed by atoms with E-state index in [4.69, 9.17) is 9.47 Å². The van der Waals surface area contributed by atoms with E-state index in [1.54, 1.807) is 4.90 Å². The Labute approximate surface area is 154 Å². The molecule has 5 nitrogen and oxygen atoms in total. The third kappa shape index (κ3) is 3.89. The molecule has 1 unspecified atom stereocenters. The summed E-state index contributed by atoms with van der Waals surface area (Å²) in [5, 5.41) is 0. The van der Waals surface area contributed by atoms with E-state index in [-0.39, 0.29) is 12.2 Å². The van der Waals surface area contributed by atoms with Gasteiger partial charge in [-0.1, -0.05) is 54.6 Å². The highest BCUT2D eigenvalue weighted by Gasteiger charge is 2.32. The maximum Gasteiger partial charge on any atom is 0.410 e. The van der Waals surface area contributed by atoms with E-state index < -0.39 is 0 Å². The molecule has 0 saturated carbocycles. The maximum absolute atomic E-state index is 12.3. The number of morpholine rings is 1. The highest BCUT2D eigenvalue weighted by Crippen LogP contribution is 2.27. The first kappa shape index (κ1) is 17.1. The van der Waals surface area contributed by atoms with Crippen LogP contribution in [0.3, 0.4) is 0 Å². The minimum atomic E-state index is -0.236. The van der Waals surface area contributed by atoms with Gasteiger partial charge in [0, 0.05) is 26.2 Å². The summed E-state index contributed by atoms with van der Waals surface area (Å²) < 4.78 is 11.0. The van der Waals surface area contributed by atoms with Crippen molar-refractivity contribution in [2.24, 2.45) is 0 Å². The van der Waals surface area contributed by atoms with E-state index in [1.165, 1.54) is 11.1 Å². The highest BCUT2D eigenvalue weighted by molar-refractivity contribution is 5.70. The lowest BCUT2D eigenvalue weighted by Gasteiger charge is -2.27. The normalized spacial score (nSPS) is 21.0. The third-order valence-electron chi connectivity index (χ3n) is 5.04. The maximum atomic E-state index is 12.3. The van der Waals surface area contributed by atoms with Crippen molar-refractivity contribution in [2.75, 3.05) is 32.8 Å². The second kappa shape index (κ2) is 7.89. The van der Waals surface area contributed by atoms with Gasteiger partial charge >= 0.3 is 6.09 Å². The number of carbonyl (C=O) groups excluding carboxylic acids is 1. The predicted octanol–water partition coefficient (Wildman–Crippen LogP) is 3.21. The second-order valence-corrected chi connectivity index (χ2v) is 6.82. The smallest absolute Gasteiger partial charge is 0.410 e. The molecule has 5 heteroatoms. The van der Waals surface area contributed by atoms with Crippen LogP contribution in [0.25, 0.3) is 0 Å². The van der Waals surface area contributed by atoms with Crippen LogP contribution in [0.2, 0.25) is 0 Å². The lowest BCUT2D eigenvalue weighted by molar-refractivity contribution is 0.0340. The van der Waals surface area contributed by atoms with Crippen molar-refractivity contribution < 1.29 is 14.3 Å². The van der Waals surface area contributed by atoms with Crippen LogP contribution in [-0.2, 0) is 22.6 Å². The molecule has 0 aromatic heterocycles. The number of carbonyl (C=O) groups is 1. The predicted molar refractivity (Wildman–Crippen MR) is 98.6 cm³/mol. The Morgan fingerprint density at radius 1 is 0.885 bits per heavy atom. The van der Waals surface area contributed by atoms with Crippen molar-refractivity contribution in [2.45, 2.75) is 19.2 Å². The van der Waals surface area contributed by atoms with E-state index in [0.717, 1.165) is 38.4 Å². The zero-order valence-electron chi connectivity index (χ0n) is 14.8. The molecule has 2 heterocycles. The molecule has 0 bridgehead atoms. The summed E-state index contributed by atoms with van der Waals surface area (Å²) in [7, 11) is 0. The number of cyclic esters (lactones) is 1. The molecule has 26 heavy (non-hydrogen) atoms. The summed E-state index contributed by atoms with van der Waals surface area (Å²) in [5.41, 5.74) is 3.50. The largest absolute Gasteiger partial charge is 0.439 e. The molecule has 4 rings (SSSR count). The van der Waals surface area contributed by atoms with Crippen LogP contribution in [0, 0.1) is 0 Å². The van der Waals surface area contributed by atoms with E-state index in [2.05, 4.69) is 23.1 Å². The lowest BCUT2D eigenvalue weighted by atomic mass is 10.1. The Bertz CT molecular complexity index is 744. The Morgan fingerprint density at radius 3 is 2.27 bits per heavy atom. The fourth-order valence-electron chi connectivity index (χ4n) is 3.55. The number of rotatable bonds is 5. The minimum absolute atomic E-state index is 0.185. The van der Waals surface area contributed by atoms with E-state index in [0.29, 0.717) is 13.1 Å². The van der Waals surface area contributed by atoms with Gasteiger partial charge in [-0.05, 0) is 16.7 Å². The number of hydrogen-bond donors (Lipinski definition) is 0. The molecule has 2 aromatic rings. The third-order valence-corrected chi connectivity index (χ3v) is 5.04. The number of benzene rings is 2. The summed E-state index contributed by atoms with van der Waals surface area (Å²) in [6.45, 7) is 5.56. The molecule has 136 valence electrons. The van der Waals surface area contributed by atoms with Gasteiger partial charge in [0.05, 0.1) is 19.8 Å². The van der Waals surface area contributed by atoms with Gasteiger partial charge in [0.2, 0.25) is 0 Å². The Hall–Kier alpha value is -2.37. The minimum Gasteiger partial charge on any atom is -0.439 e. The Kier molecular flexibility index (Phi) is 5.18. The molecule has 2 aromatic carbocycles. The second-order valence-electron chi connectivity index (χ2n) is 6.82. The van der Waals surface area contributed by atoms with Gasteiger partial charge < -0.3 is 9.47 Å². The SMILES string of the molecule is O=C1OC(c2ccccc2)CN1Cc1ccccc1CN1CCOCC1. The molecule has 2 fully saturated rings. The molecule has 2 aliphatic heterocycles. The molecule has 0 radical (unpaired) electrons. The summed E-state index contributed by atoms with van der Waals surface area (Å²) in [6.07, 6.45) is -0.421. The van der Waals surface area contributed by atoms with Crippen molar-refractivity contribution in [1.82, 2.24) is 9.80 Å². The van der Waals surface area contributed by atoms with Crippen molar-refractivity contribution in [3.63, 3.8) is 0 Å². The summed E-state index contributed by atoms with van der Waals surface area (Å²) in [5.74, 6) is 0. The highest BCUT2D eigenvalue weighted by atomic mass is 16.6. The molecule has 0 spiro atoms. The van der Waals surface area contributed by atoms with E-state index in [1.807, 2.05) is 36.4 Å². The summed E-state index contributed by atoms with van der Waals surface area (Å²) in [4.78, 5) is 16.5. The van der Waals surface area contributed by atoms with Crippen molar-refractivity contribution >= 4 is 6.09 Å². The van der Waals surface area contributed by atoms with Crippen LogP contribution in [-0.4, -0.2) is 48.7 Å². The number of hydrogen-bond acceptors (Lipinski definition) is 4. The van der Waals surface area contributed by atoms with Crippen LogP contribution in [0.1, 0.15) is 22.8 Å². The molecule has 1 amide bonds. The Balaban J connectivity index is 1.44. The molecule has 0 N–H and O–H groups in total.